The van der Waals surface area contributed by atoms with Gasteiger partial charge in [-0.3, -0.25) is 0 Å². The predicted octanol–water partition coefficient (Wildman–Crippen LogP) is 2.03. The third-order valence-corrected chi connectivity index (χ3v) is 1.81. The lowest BCUT2D eigenvalue weighted by Gasteiger charge is -2.02. The lowest BCUT2D eigenvalue weighted by atomic mass is 10.0. The smallest absolute Gasteiger partial charge is 0.0200 e. The molecule has 2 bridgehead atoms. The lowest BCUT2D eigenvalue weighted by Crippen LogP contribution is -1.85. The van der Waals surface area contributed by atoms with Gasteiger partial charge < -0.3 is 0 Å². The Bertz CT molecular complexity index is 129. The summed E-state index contributed by atoms with van der Waals surface area (Å²) in [6.07, 6.45) is 5.31. The molecule has 0 N–H and O–H groups in total. The van der Waals surface area contributed by atoms with Crippen LogP contribution in [-0.4, -0.2) is 0 Å². The summed E-state index contributed by atoms with van der Waals surface area (Å²) in [6.45, 7) is 0. The first-order valence-electron chi connectivity index (χ1n) is 2.91. The van der Waals surface area contributed by atoms with Gasteiger partial charge in [-0.05, 0) is 36.8 Å². The third-order valence-electron chi connectivity index (χ3n) is 1.81. The van der Waals surface area contributed by atoms with Crippen LogP contribution in [0, 0.1) is 0 Å². The Labute approximate surface area is 43.5 Å². The SMILES string of the molecule is C1=C2CCC=1CC2. The summed E-state index contributed by atoms with van der Waals surface area (Å²) in [6, 6.07) is 0. The standard InChI is InChI=1S/C7H8/c1-2-7-4-3-6(1)5-7/h1-4H2. The van der Waals surface area contributed by atoms with E-state index in [1.807, 2.05) is 0 Å². The summed E-state index contributed by atoms with van der Waals surface area (Å²) in [5.74, 6) is 0. The molecular formula is C7H8. The molecule has 0 unspecified atom stereocenters. The van der Waals surface area contributed by atoms with Crippen molar-refractivity contribution in [3.8, 4) is 0 Å². The number of hydrogen-bond donors (Lipinski definition) is 0. The van der Waals surface area contributed by atoms with Crippen molar-refractivity contribution in [1.82, 2.24) is 0 Å². The fourth-order valence-electron chi connectivity index (χ4n) is 1.35. The summed E-state index contributed by atoms with van der Waals surface area (Å²) in [5.41, 5.74) is 6.52. The Morgan fingerprint density at radius 2 is 1.29 bits per heavy atom. The maximum atomic E-state index is 3.36. The molecule has 36 valence electrons. The van der Waals surface area contributed by atoms with E-state index < -0.39 is 0 Å². The van der Waals surface area contributed by atoms with Crippen molar-refractivity contribution in [1.29, 1.82) is 0 Å². The fourth-order valence-corrected chi connectivity index (χ4v) is 1.35. The predicted molar refractivity (Wildman–Crippen MR) is 29.0 cm³/mol. The Kier molecular flexibility index (Phi) is 0.511. The van der Waals surface area contributed by atoms with E-state index >= 15 is 0 Å². The molecule has 2 aliphatic carbocycles. The number of allylic oxidation sites excluding steroid dienone is 1. The highest BCUT2D eigenvalue weighted by Gasteiger charge is 2.14. The molecule has 2 aliphatic rings. The van der Waals surface area contributed by atoms with Crippen molar-refractivity contribution in [3.63, 3.8) is 0 Å². The van der Waals surface area contributed by atoms with Crippen molar-refractivity contribution in [2.24, 2.45) is 0 Å². The van der Waals surface area contributed by atoms with E-state index in [0.29, 0.717) is 0 Å². The average Bonchev–Trinajstić information content (AvgIpc) is 2.22. The molecule has 0 aliphatic heterocycles. The molecule has 0 aromatic carbocycles. The first kappa shape index (κ1) is 3.51. The fraction of sp³-hybridized carbons (Fsp3) is 0.571. The Morgan fingerprint density at radius 1 is 0.857 bits per heavy atom. The molecule has 0 saturated carbocycles. The van der Waals surface area contributed by atoms with Gasteiger partial charge in [-0.2, -0.15) is 0 Å². The normalized spacial score (nSPS) is 25.1. The van der Waals surface area contributed by atoms with Crippen molar-refractivity contribution in [2.45, 2.75) is 25.7 Å². The van der Waals surface area contributed by atoms with Crippen LogP contribution in [-0.2, 0) is 0 Å². The van der Waals surface area contributed by atoms with E-state index in [0.717, 1.165) is 0 Å². The minimum atomic E-state index is 1.33. The van der Waals surface area contributed by atoms with Crippen LogP contribution in [0.15, 0.2) is 16.9 Å². The van der Waals surface area contributed by atoms with Crippen LogP contribution in [0.1, 0.15) is 25.7 Å². The molecule has 2 rings (SSSR count). The summed E-state index contributed by atoms with van der Waals surface area (Å²) in [7, 11) is 0. The highest BCUT2D eigenvalue weighted by molar-refractivity contribution is 5.24. The van der Waals surface area contributed by atoms with Gasteiger partial charge in [-0.15, -0.1) is 5.73 Å². The molecule has 0 heteroatoms. The van der Waals surface area contributed by atoms with Gasteiger partial charge in [0.15, 0.2) is 0 Å². The van der Waals surface area contributed by atoms with Crippen LogP contribution in [0.4, 0.5) is 0 Å². The monoisotopic (exact) mass is 92.1 g/mol. The highest BCUT2D eigenvalue weighted by Crippen LogP contribution is 2.32. The molecule has 0 saturated heterocycles. The average molecular weight is 92.1 g/mol. The van der Waals surface area contributed by atoms with Crippen molar-refractivity contribution in [3.05, 3.63) is 16.9 Å². The van der Waals surface area contributed by atoms with Gasteiger partial charge in [0.2, 0.25) is 0 Å². The topological polar surface area (TPSA) is 0 Å². The second-order valence-electron chi connectivity index (χ2n) is 2.33. The van der Waals surface area contributed by atoms with Crippen LogP contribution < -0.4 is 0 Å². The number of rotatable bonds is 0. The summed E-state index contributed by atoms with van der Waals surface area (Å²) in [5, 5.41) is 0. The zero-order valence-electron chi connectivity index (χ0n) is 4.33. The van der Waals surface area contributed by atoms with E-state index in [9.17, 15) is 0 Å². The minimum Gasteiger partial charge on any atom is -0.123 e. The summed E-state index contributed by atoms with van der Waals surface area (Å²) in [4.78, 5) is 0. The maximum absolute atomic E-state index is 3.36. The molecule has 0 fully saturated rings. The van der Waals surface area contributed by atoms with Gasteiger partial charge in [0.1, 0.15) is 0 Å². The Balaban J connectivity index is 2.45. The summed E-state index contributed by atoms with van der Waals surface area (Å²) >= 11 is 0. The first-order chi connectivity index (χ1) is 3.45. The van der Waals surface area contributed by atoms with Gasteiger partial charge in [-0.1, -0.05) is 0 Å². The van der Waals surface area contributed by atoms with Crippen LogP contribution in [0.5, 0.6) is 0 Å². The second kappa shape index (κ2) is 1.02. The minimum absolute atomic E-state index is 1.33. The first-order valence-corrected chi connectivity index (χ1v) is 2.91. The summed E-state index contributed by atoms with van der Waals surface area (Å²) < 4.78 is 0. The van der Waals surface area contributed by atoms with Crippen molar-refractivity contribution >= 4 is 0 Å². The van der Waals surface area contributed by atoms with E-state index in [4.69, 9.17) is 0 Å². The van der Waals surface area contributed by atoms with Crippen molar-refractivity contribution in [2.75, 3.05) is 0 Å². The second-order valence-corrected chi connectivity index (χ2v) is 2.33. The largest absolute Gasteiger partial charge is 0.123 e. The van der Waals surface area contributed by atoms with Crippen molar-refractivity contribution < 1.29 is 0 Å². The quantitative estimate of drug-likeness (QED) is 0.401. The van der Waals surface area contributed by atoms with E-state index in [-0.39, 0.29) is 0 Å². The number of hydrogen-bond acceptors (Lipinski definition) is 0. The Morgan fingerprint density at radius 3 is 1.43 bits per heavy atom. The molecule has 0 aromatic rings. The Hall–Kier alpha value is -0.480. The molecule has 0 spiro atoms. The van der Waals surface area contributed by atoms with Gasteiger partial charge >= 0.3 is 0 Å². The maximum Gasteiger partial charge on any atom is -0.0200 e. The van der Waals surface area contributed by atoms with Crippen LogP contribution in [0.25, 0.3) is 0 Å². The molecule has 0 atom stereocenters. The lowest BCUT2D eigenvalue weighted by molar-refractivity contribution is 0.774. The highest BCUT2D eigenvalue weighted by atomic mass is 14.2. The zero-order chi connectivity index (χ0) is 4.69. The van der Waals surface area contributed by atoms with E-state index in [1.165, 1.54) is 25.7 Å². The van der Waals surface area contributed by atoms with Gasteiger partial charge in [0.05, 0.1) is 0 Å². The van der Waals surface area contributed by atoms with E-state index in [1.54, 1.807) is 11.1 Å². The van der Waals surface area contributed by atoms with Gasteiger partial charge in [0, 0.05) is 0 Å². The molecule has 0 radical (unpaired) electrons. The molecule has 0 aromatic heterocycles. The molecular weight excluding hydrogens is 84.1 g/mol. The van der Waals surface area contributed by atoms with E-state index in [2.05, 4.69) is 5.73 Å². The third kappa shape index (κ3) is 0.374. The zero-order valence-corrected chi connectivity index (χ0v) is 4.33. The van der Waals surface area contributed by atoms with Gasteiger partial charge in [-0.25, -0.2) is 0 Å². The molecule has 0 amide bonds. The van der Waals surface area contributed by atoms with Crippen LogP contribution in [0.2, 0.25) is 0 Å². The van der Waals surface area contributed by atoms with Crippen LogP contribution >= 0.6 is 0 Å². The molecule has 0 nitrogen and oxygen atoms in total. The molecule has 0 heterocycles. The van der Waals surface area contributed by atoms with Crippen LogP contribution in [0.3, 0.4) is 0 Å². The molecule has 7 heavy (non-hydrogen) atoms. The van der Waals surface area contributed by atoms with Gasteiger partial charge in [0.25, 0.3) is 0 Å².